The Labute approximate surface area is 132 Å². The molecule has 0 bridgehead atoms. The fourth-order valence-corrected chi connectivity index (χ4v) is 2.80. The number of ether oxygens (including phenoxy) is 1. The average molecular weight is 371 g/mol. The molecule has 108 valence electrons. The van der Waals surface area contributed by atoms with Crippen molar-refractivity contribution in [3.63, 3.8) is 0 Å². The Morgan fingerprint density at radius 3 is 2.67 bits per heavy atom. The summed E-state index contributed by atoms with van der Waals surface area (Å²) in [6.07, 6.45) is 0. The van der Waals surface area contributed by atoms with Gasteiger partial charge >= 0.3 is 0 Å². The molecule has 0 fully saturated rings. The second kappa shape index (κ2) is 5.23. The summed E-state index contributed by atoms with van der Waals surface area (Å²) < 4.78 is 34.6. The van der Waals surface area contributed by atoms with Gasteiger partial charge < -0.3 is 9.72 Å². The molecule has 0 spiro atoms. The summed E-state index contributed by atoms with van der Waals surface area (Å²) in [4.78, 5) is 2.99. The minimum atomic E-state index is -0.471. The van der Waals surface area contributed by atoms with Gasteiger partial charge in [0.2, 0.25) is 0 Å². The molecule has 0 saturated heterocycles. The first-order chi connectivity index (χ1) is 10.0. The summed E-state index contributed by atoms with van der Waals surface area (Å²) in [6, 6.07) is 7.32. The van der Waals surface area contributed by atoms with Gasteiger partial charge in [0.05, 0.1) is 28.3 Å². The molecule has 0 aliphatic carbocycles. The number of nitrogens with zero attached hydrogens (tertiary/aromatic N) is 1. The fraction of sp³-hybridized carbons (Fsp3) is 0.0714. The number of nitrogens with one attached hydrogen (secondary N) is 1. The SMILES string of the molecule is COc1cc(-n2c(=S)[nH]c3cc(Br)c(F)cc32)ccc1F. The average Bonchev–Trinajstić information content (AvgIpc) is 2.75. The van der Waals surface area contributed by atoms with Gasteiger partial charge in [-0.1, -0.05) is 0 Å². The smallest absolute Gasteiger partial charge is 0.182 e. The van der Waals surface area contributed by atoms with Crippen molar-refractivity contribution in [3.05, 3.63) is 51.2 Å². The Morgan fingerprint density at radius 1 is 1.19 bits per heavy atom. The van der Waals surface area contributed by atoms with Gasteiger partial charge in [0, 0.05) is 12.1 Å². The van der Waals surface area contributed by atoms with Crippen LogP contribution in [-0.2, 0) is 0 Å². The van der Waals surface area contributed by atoms with E-state index >= 15 is 0 Å². The van der Waals surface area contributed by atoms with Crippen molar-refractivity contribution in [1.29, 1.82) is 0 Å². The highest BCUT2D eigenvalue weighted by atomic mass is 79.9. The third kappa shape index (κ3) is 2.36. The van der Waals surface area contributed by atoms with Crippen LogP contribution in [0.5, 0.6) is 5.75 Å². The van der Waals surface area contributed by atoms with E-state index in [2.05, 4.69) is 20.9 Å². The van der Waals surface area contributed by atoms with Crippen molar-refractivity contribution < 1.29 is 13.5 Å². The van der Waals surface area contributed by atoms with Crippen molar-refractivity contribution >= 4 is 39.2 Å². The van der Waals surface area contributed by atoms with Gasteiger partial charge in [-0.3, -0.25) is 4.57 Å². The second-order valence-corrected chi connectivity index (χ2v) is 5.61. The molecular weight excluding hydrogens is 362 g/mol. The third-order valence-corrected chi connectivity index (χ3v) is 4.01. The van der Waals surface area contributed by atoms with Crippen molar-refractivity contribution in [2.45, 2.75) is 0 Å². The molecule has 0 aliphatic rings. The molecule has 1 N–H and O–H groups in total. The summed E-state index contributed by atoms with van der Waals surface area (Å²) in [5.74, 6) is -0.776. The van der Waals surface area contributed by atoms with Crippen molar-refractivity contribution in [3.8, 4) is 11.4 Å². The topological polar surface area (TPSA) is 29.9 Å². The Kier molecular flexibility index (Phi) is 3.54. The Balaban J connectivity index is 2.32. The number of methoxy groups -OCH3 is 1. The Morgan fingerprint density at radius 2 is 1.95 bits per heavy atom. The van der Waals surface area contributed by atoms with Gasteiger partial charge in [-0.15, -0.1) is 0 Å². The predicted octanol–water partition coefficient (Wildman–Crippen LogP) is 4.74. The molecule has 0 saturated carbocycles. The van der Waals surface area contributed by atoms with Crippen LogP contribution in [0.4, 0.5) is 8.78 Å². The maximum atomic E-state index is 13.8. The van der Waals surface area contributed by atoms with E-state index in [0.717, 1.165) is 0 Å². The Bertz CT molecular complexity index is 904. The van der Waals surface area contributed by atoms with Crippen LogP contribution < -0.4 is 4.74 Å². The maximum absolute atomic E-state index is 13.8. The van der Waals surface area contributed by atoms with Crippen LogP contribution in [-0.4, -0.2) is 16.7 Å². The normalized spacial score (nSPS) is 11.0. The number of aromatic amines is 1. The zero-order valence-electron chi connectivity index (χ0n) is 10.8. The van der Waals surface area contributed by atoms with E-state index in [-0.39, 0.29) is 5.75 Å². The van der Waals surface area contributed by atoms with Crippen LogP contribution >= 0.6 is 28.1 Å². The van der Waals surface area contributed by atoms with E-state index in [1.165, 1.54) is 25.3 Å². The maximum Gasteiger partial charge on any atom is 0.182 e. The molecule has 3 rings (SSSR count). The van der Waals surface area contributed by atoms with Crippen molar-refractivity contribution in [2.75, 3.05) is 7.11 Å². The summed E-state index contributed by atoms with van der Waals surface area (Å²) in [5.41, 5.74) is 1.83. The molecule has 0 unspecified atom stereocenters. The lowest BCUT2D eigenvalue weighted by molar-refractivity contribution is 0.386. The first kappa shape index (κ1) is 14.2. The fourth-order valence-electron chi connectivity index (χ4n) is 2.15. The lowest BCUT2D eigenvalue weighted by Crippen LogP contribution is -1.97. The van der Waals surface area contributed by atoms with Crippen LogP contribution in [0.2, 0.25) is 0 Å². The van der Waals surface area contributed by atoms with E-state index in [0.29, 0.717) is 26.0 Å². The lowest BCUT2D eigenvalue weighted by Gasteiger charge is -2.08. The van der Waals surface area contributed by atoms with Crippen LogP contribution in [0.25, 0.3) is 16.7 Å². The van der Waals surface area contributed by atoms with E-state index < -0.39 is 11.6 Å². The molecule has 7 heteroatoms. The standard InChI is InChI=1S/C14H9BrF2N2OS/c1-20-13-4-7(2-3-9(13)16)19-12-6-10(17)8(15)5-11(12)18-14(19)21/h2-6H,1H3,(H,18,21). The lowest BCUT2D eigenvalue weighted by atomic mass is 10.2. The summed E-state index contributed by atoms with van der Waals surface area (Å²) in [6.45, 7) is 0. The molecule has 2 aromatic carbocycles. The highest BCUT2D eigenvalue weighted by Gasteiger charge is 2.12. The van der Waals surface area contributed by atoms with Crippen LogP contribution in [0.15, 0.2) is 34.8 Å². The predicted molar refractivity (Wildman–Crippen MR) is 82.6 cm³/mol. The first-order valence-electron chi connectivity index (χ1n) is 5.95. The molecule has 0 atom stereocenters. The number of aromatic nitrogens is 2. The number of hydrogen-bond donors (Lipinski definition) is 1. The number of H-pyrrole nitrogens is 1. The van der Waals surface area contributed by atoms with E-state index in [9.17, 15) is 8.78 Å². The number of fused-ring (bicyclic) bond motifs is 1. The number of rotatable bonds is 2. The number of imidazole rings is 1. The summed E-state index contributed by atoms with van der Waals surface area (Å²) >= 11 is 8.40. The Hall–Kier alpha value is -1.73. The summed E-state index contributed by atoms with van der Waals surface area (Å²) in [5, 5.41) is 0. The van der Waals surface area contributed by atoms with E-state index in [4.69, 9.17) is 17.0 Å². The number of hydrogen-bond acceptors (Lipinski definition) is 2. The number of halogens is 3. The zero-order chi connectivity index (χ0) is 15.1. The largest absolute Gasteiger partial charge is 0.494 e. The second-order valence-electron chi connectivity index (χ2n) is 4.37. The van der Waals surface area contributed by atoms with Gasteiger partial charge in [0.1, 0.15) is 5.82 Å². The van der Waals surface area contributed by atoms with Gasteiger partial charge in [0.15, 0.2) is 16.3 Å². The van der Waals surface area contributed by atoms with E-state index in [1.54, 1.807) is 16.7 Å². The minimum absolute atomic E-state index is 0.0985. The molecule has 21 heavy (non-hydrogen) atoms. The van der Waals surface area contributed by atoms with Crippen molar-refractivity contribution in [1.82, 2.24) is 9.55 Å². The molecule has 3 nitrogen and oxygen atoms in total. The van der Waals surface area contributed by atoms with Crippen LogP contribution in [0.3, 0.4) is 0 Å². The zero-order valence-corrected chi connectivity index (χ0v) is 13.2. The molecule has 3 aromatic rings. The van der Waals surface area contributed by atoms with Crippen molar-refractivity contribution in [2.24, 2.45) is 0 Å². The molecular formula is C14H9BrF2N2OS. The van der Waals surface area contributed by atoms with Gasteiger partial charge in [-0.25, -0.2) is 8.78 Å². The number of benzene rings is 2. The van der Waals surface area contributed by atoms with Gasteiger partial charge in [-0.05, 0) is 46.3 Å². The molecule has 1 aromatic heterocycles. The molecule has 0 aliphatic heterocycles. The summed E-state index contributed by atoms with van der Waals surface area (Å²) in [7, 11) is 1.38. The van der Waals surface area contributed by atoms with E-state index in [1.807, 2.05) is 0 Å². The molecule has 1 heterocycles. The quantitative estimate of drug-likeness (QED) is 0.660. The third-order valence-electron chi connectivity index (χ3n) is 3.12. The first-order valence-corrected chi connectivity index (χ1v) is 7.15. The van der Waals surface area contributed by atoms with Crippen LogP contribution in [0, 0.1) is 16.4 Å². The molecule has 0 radical (unpaired) electrons. The van der Waals surface area contributed by atoms with Crippen LogP contribution in [0.1, 0.15) is 0 Å². The molecule has 0 amide bonds. The minimum Gasteiger partial charge on any atom is -0.494 e. The van der Waals surface area contributed by atoms with Gasteiger partial charge in [0.25, 0.3) is 0 Å². The highest BCUT2D eigenvalue weighted by molar-refractivity contribution is 9.10. The highest BCUT2D eigenvalue weighted by Crippen LogP contribution is 2.27. The monoisotopic (exact) mass is 370 g/mol. The van der Waals surface area contributed by atoms with Gasteiger partial charge in [-0.2, -0.15) is 0 Å².